The van der Waals surface area contributed by atoms with Crippen molar-refractivity contribution in [2.24, 2.45) is 0 Å². The number of hydrogen-bond donors (Lipinski definition) is 2. The summed E-state index contributed by atoms with van der Waals surface area (Å²) >= 11 is 3.38. The maximum atomic E-state index is 12.4. The molecule has 0 saturated heterocycles. The van der Waals surface area contributed by atoms with E-state index in [1.54, 1.807) is 6.07 Å². The molecular formula is C14H19BrN2O3. The highest BCUT2D eigenvalue weighted by atomic mass is 79.9. The van der Waals surface area contributed by atoms with E-state index >= 15 is 0 Å². The molecule has 5 nitrogen and oxygen atoms in total. The lowest BCUT2D eigenvalue weighted by molar-refractivity contribution is -0.139. The summed E-state index contributed by atoms with van der Waals surface area (Å²) in [5.74, 6) is -1.06. The van der Waals surface area contributed by atoms with E-state index in [1.807, 2.05) is 17.7 Å². The molecule has 110 valence electrons. The van der Waals surface area contributed by atoms with Gasteiger partial charge in [-0.1, -0.05) is 6.92 Å². The van der Waals surface area contributed by atoms with Crippen molar-refractivity contribution in [3.05, 3.63) is 22.4 Å². The first kappa shape index (κ1) is 15.1. The number of aliphatic carboxylic acids is 1. The predicted molar refractivity (Wildman–Crippen MR) is 78.7 cm³/mol. The predicted octanol–water partition coefficient (Wildman–Crippen LogP) is 2.79. The molecule has 20 heavy (non-hydrogen) atoms. The van der Waals surface area contributed by atoms with Gasteiger partial charge < -0.3 is 15.0 Å². The summed E-state index contributed by atoms with van der Waals surface area (Å²) in [5, 5.41) is 11.9. The van der Waals surface area contributed by atoms with Crippen LogP contribution < -0.4 is 5.32 Å². The standard InChI is InChI=1S/C14H19BrN2O3/c1-2-6-17-9-10(15)7-11(17)13(20)16-14(4-3-5-14)8-12(18)19/h7,9H,2-6,8H2,1H3,(H,16,20)(H,18,19). The average Bonchev–Trinajstić information content (AvgIpc) is 2.67. The van der Waals surface area contributed by atoms with Gasteiger partial charge in [-0.15, -0.1) is 0 Å². The van der Waals surface area contributed by atoms with Gasteiger partial charge in [0.25, 0.3) is 5.91 Å². The number of rotatable bonds is 6. The van der Waals surface area contributed by atoms with Crippen molar-refractivity contribution >= 4 is 27.8 Å². The second-order valence-corrected chi connectivity index (χ2v) is 6.31. The Morgan fingerprint density at radius 3 is 2.70 bits per heavy atom. The largest absolute Gasteiger partial charge is 0.481 e. The normalized spacial score (nSPS) is 16.5. The first-order valence-corrected chi connectivity index (χ1v) is 7.65. The van der Waals surface area contributed by atoms with Crippen molar-refractivity contribution in [2.75, 3.05) is 0 Å². The molecule has 1 aliphatic rings. The van der Waals surface area contributed by atoms with Crippen LogP contribution in [0, 0.1) is 0 Å². The van der Waals surface area contributed by atoms with Gasteiger partial charge in [-0.25, -0.2) is 0 Å². The molecule has 0 bridgehead atoms. The molecule has 0 unspecified atom stereocenters. The van der Waals surface area contributed by atoms with Crippen LogP contribution in [0.4, 0.5) is 0 Å². The highest BCUT2D eigenvalue weighted by Crippen LogP contribution is 2.35. The maximum Gasteiger partial charge on any atom is 0.305 e. The van der Waals surface area contributed by atoms with Crippen LogP contribution in [0.15, 0.2) is 16.7 Å². The number of carboxylic acids is 1. The molecule has 1 fully saturated rings. The smallest absolute Gasteiger partial charge is 0.305 e. The Morgan fingerprint density at radius 1 is 1.50 bits per heavy atom. The number of carbonyl (C=O) groups is 2. The number of aromatic nitrogens is 1. The quantitative estimate of drug-likeness (QED) is 0.834. The van der Waals surface area contributed by atoms with Crippen molar-refractivity contribution in [1.82, 2.24) is 9.88 Å². The van der Waals surface area contributed by atoms with E-state index in [4.69, 9.17) is 5.11 Å². The number of amides is 1. The minimum Gasteiger partial charge on any atom is -0.481 e. The van der Waals surface area contributed by atoms with E-state index in [0.29, 0.717) is 5.69 Å². The number of nitrogens with one attached hydrogen (secondary N) is 1. The highest BCUT2D eigenvalue weighted by molar-refractivity contribution is 9.10. The van der Waals surface area contributed by atoms with Gasteiger partial charge in [-0.2, -0.15) is 0 Å². The summed E-state index contributed by atoms with van der Waals surface area (Å²) in [6.45, 7) is 2.81. The van der Waals surface area contributed by atoms with E-state index in [9.17, 15) is 9.59 Å². The van der Waals surface area contributed by atoms with Gasteiger partial charge in [-0.05, 0) is 47.7 Å². The molecule has 0 radical (unpaired) electrons. The molecule has 2 rings (SSSR count). The third-order valence-corrected chi connectivity index (χ3v) is 4.17. The Morgan fingerprint density at radius 2 is 2.20 bits per heavy atom. The molecular weight excluding hydrogens is 324 g/mol. The molecule has 1 heterocycles. The lowest BCUT2D eigenvalue weighted by Crippen LogP contribution is -2.55. The fraction of sp³-hybridized carbons (Fsp3) is 0.571. The van der Waals surface area contributed by atoms with Gasteiger partial charge >= 0.3 is 5.97 Å². The Balaban J connectivity index is 2.13. The molecule has 1 aromatic rings. The summed E-state index contributed by atoms with van der Waals surface area (Å²) in [5.41, 5.74) is 0.0202. The van der Waals surface area contributed by atoms with Gasteiger partial charge in [-0.3, -0.25) is 9.59 Å². The number of aryl methyl sites for hydroxylation is 1. The van der Waals surface area contributed by atoms with Crippen LogP contribution in [0.1, 0.15) is 49.5 Å². The topological polar surface area (TPSA) is 71.3 Å². The number of carboxylic acid groups (broad SMARTS) is 1. The third-order valence-electron chi connectivity index (χ3n) is 3.74. The minimum atomic E-state index is -0.866. The van der Waals surface area contributed by atoms with Crippen molar-refractivity contribution in [1.29, 1.82) is 0 Å². The lowest BCUT2D eigenvalue weighted by Gasteiger charge is -2.41. The van der Waals surface area contributed by atoms with Crippen molar-refractivity contribution in [3.8, 4) is 0 Å². The molecule has 1 aromatic heterocycles. The van der Waals surface area contributed by atoms with Gasteiger partial charge in [0.1, 0.15) is 5.69 Å². The summed E-state index contributed by atoms with van der Waals surface area (Å²) in [6.07, 6.45) is 5.24. The van der Waals surface area contributed by atoms with Crippen molar-refractivity contribution in [2.45, 2.75) is 51.1 Å². The second-order valence-electron chi connectivity index (χ2n) is 5.40. The molecule has 1 saturated carbocycles. The van der Waals surface area contributed by atoms with Crippen molar-refractivity contribution in [3.63, 3.8) is 0 Å². The molecule has 6 heteroatoms. The molecule has 1 amide bonds. The zero-order valence-corrected chi connectivity index (χ0v) is 13.1. The third kappa shape index (κ3) is 3.23. The van der Waals surface area contributed by atoms with E-state index in [0.717, 1.165) is 36.7 Å². The maximum absolute atomic E-state index is 12.4. The monoisotopic (exact) mass is 342 g/mol. The number of carbonyl (C=O) groups excluding carboxylic acids is 1. The van der Waals surface area contributed by atoms with E-state index in [1.165, 1.54) is 0 Å². The van der Waals surface area contributed by atoms with Gasteiger partial charge in [0.05, 0.1) is 12.0 Å². The lowest BCUT2D eigenvalue weighted by atomic mass is 9.74. The molecule has 1 aliphatic carbocycles. The van der Waals surface area contributed by atoms with Gasteiger partial charge in [0.15, 0.2) is 0 Å². The Kier molecular flexibility index (Phi) is 4.52. The van der Waals surface area contributed by atoms with Crippen LogP contribution in [-0.4, -0.2) is 27.1 Å². The van der Waals surface area contributed by atoms with Crippen molar-refractivity contribution < 1.29 is 14.7 Å². The van der Waals surface area contributed by atoms with Crippen LogP contribution in [0.5, 0.6) is 0 Å². The van der Waals surface area contributed by atoms with E-state index in [-0.39, 0.29) is 12.3 Å². The van der Waals surface area contributed by atoms with Gasteiger partial charge in [0.2, 0.25) is 0 Å². The van der Waals surface area contributed by atoms with E-state index < -0.39 is 11.5 Å². The number of hydrogen-bond acceptors (Lipinski definition) is 2. The highest BCUT2D eigenvalue weighted by Gasteiger charge is 2.40. The zero-order chi connectivity index (χ0) is 14.8. The minimum absolute atomic E-state index is 0.00556. The SMILES string of the molecule is CCCn1cc(Br)cc1C(=O)NC1(CC(=O)O)CCC1. The summed E-state index contributed by atoms with van der Waals surface area (Å²) < 4.78 is 2.75. The second kappa shape index (κ2) is 5.99. The fourth-order valence-corrected chi connectivity index (χ4v) is 3.10. The van der Waals surface area contributed by atoms with E-state index in [2.05, 4.69) is 21.2 Å². The average molecular weight is 343 g/mol. The Hall–Kier alpha value is -1.30. The molecule has 0 atom stereocenters. The molecule has 0 spiro atoms. The Bertz CT molecular complexity index is 520. The van der Waals surface area contributed by atoms with Crippen LogP contribution in [0.25, 0.3) is 0 Å². The zero-order valence-electron chi connectivity index (χ0n) is 11.5. The van der Waals surface area contributed by atoms with Crippen LogP contribution in [0.3, 0.4) is 0 Å². The number of halogens is 1. The number of nitrogens with zero attached hydrogens (tertiary/aromatic N) is 1. The van der Waals surface area contributed by atoms with Crippen LogP contribution in [0.2, 0.25) is 0 Å². The molecule has 0 aliphatic heterocycles. The Labute approximate surface area is 126 Å². The first-order chi connectivity index (χ1) is 9.46. The van der Waals surface area contributed by atoms with Gasteiger partial charge in [0, 0.05) is 17.2 Å². The molecule has 2 N–H and O–H groups in total. The molecule has 0 aromatic carbocycles. The van der Waals surface area contributed by atoms with Crippen LogP contribution in [-0.2, 0) is 11.3 Å². The fourth-order valence-electron chi connectivity index (χ4n) is 2.63. The summed E-state index contributed by atoms with van der Waals surface area (Å²) in [6, 6.07) is 1.78. The first-order valence-electron chi connectivity index (χ1n) is 6.86. The summed E-state index contributed by atoms with van der Waals surface area (Å²) in [7, 11) is 0. The summed E-state index contributed by atoms with van der Waals surface area (Å²) in [4.78, 5) is 23.3. The van der Waals surface area contributed by atoms with Crippen LogP contribution >= 0.6 is 15.9 Å².